The van der Waals surface area contributed by atoms with Crippen LogP contribution in [0.2, 0.25) is 0 Å². The van der Waals surface area contributed by atoms with Gasteiger partial charge in [0.1, 0.15) is 5.52 Å². The summed E-state index contributed by atoms with van der Waals surface area (Å²) in [5.74, 6) is -0.222. The number of fused-ring (bicyclic) bond motifs is 3. The van der Waals surface area contributed by atoms with E-state index in [9.17, 15) is 14.4 Å². The Hall–Kier alpha value is -6.26. The van der Waals surface area contributed by atoms with Crippen LogP contribution in [-0.4, -0.2) is 57.8 Å². The summed E-state index contributed by atoms with van der Waals surface area (Å²) in [5, 5.41) is 9.74. The molecule has 8 rings (SSSR count). The van der Waals surface area contributed by atoms with Crippen molar-refractivity contribution < 1.29 is 14.0 Å². The number of aromatic nitrogens is 3. The van der Waals surface area contributed by atoms with Gasteiger partial charge in [-0.15, -0.1) is 0 Å². The van der Waals surface area contributed by atoms with Gasteiger partial charge in [0.15, 0.2) is 11.2 Å². The zero-order valence-electron chi connectivity index (χ0n) is 27.9. The first-order valence-corrected chi connectivity index (χ1v) is 17.0. The molecule has 10 nitrogen and oxygen atoms in total. The van der Waals surface area contributed by atoms with Crippen LogP contribution in [0.3, 0.4) is 0 Å². The Labute approximate surface area is 294 Å². The maximum Gasteiger partial charge on any atom is 0.365 e. The van der Waals surface area contributed by atoms with Crippen molar-refractivity contribution in [2.75, 3.05) is 31.5 Å². The number of carbonyl (C=O) groups is 2. The smallest absolute Gasteiger partial charge is 0.365 e. The minimum Gasteiger partial charge on any atom is -0.402 e. The maximum atomic E-state index is 12.9. The standard InChI is InChI=1S/C24H26N4O2.C17H10N2O2/c29-23(20-11-6-9-18-8-2-3-10-19(18)20)27-21-12-7-13-25-22(21)24(30)26-14-17-28-15-4-1-5-16-28;20-17-15-14(9-4-10-18-15)19-16(21-17)13-8-3-6-11-5-1-2-7-12(11)13/h2-3,6-13H,1,4-5,14-17H2,(H,26,30)(H,27,29);1-10H. The molecule has 0 spiro atoms. The number of nitrogens with one attached hydrogen (secondary N) is 2. The molecule has 3 aromatic heterocycles. The fraction of sp³-hybridized carbons (Fsp3) is 0.171. The first kappa shape index (κ1) is 33.2. The van der Waals surface area contributed by atoms with Gasteiger partial charge in [-0.3, -0.25) is 9.59 Å². The number of anilines is 1. The molecule has 2 amide bonds. The summed E-state index contributed by atoms with van der Waals surface area (Å²) in [6.45, 7) is 3.57. The highest BCUT2D eigenvalue weighted by Crippen LogP contribution is 2.27. The number of likely N-dealkylation sites (tertiary alicyclic amines) is 1. The van der Waals surface area contributed by atoms with Gasteiger partial charge < -0.3 is 20.0 Å². The second kappa shape index (κ2) is 15.5. The molecule has 0 bridgehead atoms. The van der Waals surface area contributed by atoms with Crippen molar-refractivity contribution in [3.05, 3.63) is 143 Å². The van der Waals surface area contributed by atoms with Crippen LogP contribution in [0.15, 0.2) is 131 Å². The van der Waals surface area contributed by atoms with Gasteiger partial charge in [-0.05, 0) is 83.9 Å². The largest absolute Gasteiger partial charge is 0.402 e. The van der Waals surface area contributed by atoms with Gasteiger partial charge in [-0.1, -0.05) is 79.2 Å². The number of hydrogen-bond acceptors (Lipinski definition) is 8. The zero-order chi connectivity index (χ0) is 35.0. The van der Waals surface area contributed by atoms with Crippen LogP contribution in [0.25, 0.3) is 44.0 Å². The normalized spacial score (nSPS) is 13.0. The molecule has 7 aromatic rings. The number of rotatable bonds is 7. The second-order valence-electron chi connectivity index (χ2n) is 12.2. The third kappa shape index (κ3) is 7.66. The number of benzene rings is 4. The minimum absolute atomic E-state index is 0.227. The van der Waals surface area contributed by atoms with Crippen LogP contribution < -0.4 is 16.3 Å². The molecule has 1 aliphatic rings. The van der Waals surface area contributed by atoms with E-state index in [1.165, 1.54) is 19.3 Å². The maximum absolute atomic E-state index is 12.9. The molecule has 254 valence electrons. The van der Waals surface area contributed by atoms with E-state index in [0.29, 0.717) is 29.2 Å². The number of piperidine rings is 1. The van der Waals surface area contributed by atoms with Crippen molar-refractivity contribution in [1.82, 2.24) is 25.2 Å². The molecule has 0 aliphatic carbocycles. The minimum atomic E-state index is -0.469. The summed E-state index contributed by atoms with van der Waals surface area (Å²) < 4.78 is 5.36. The average Bonchev–Trinajstić information content (AvgIpc) is 3.18. The topological polar surface area (TPSA) is 130 Å². The molecule has 1 aliphatic heterocycles. The molecule has 1 saturated heterocycles. The van der Waals surface area contributed by atoms with Gasteiger partial charge in [0.05, 0.1) is 5.69 Å². The van der Waals surface area contributed by atoms with Gasteiger partial charge in [0, 0.05) is 36.6 Å². The van der Waals surface area contributed by atoms with E-state index in [-0.39, 0.29) is 23.0 Å². The summed E-state index contributed by atoms with van der Waals surface area (Å²) in [6, 6.07) is 34.0. The van der Waals surface area contributed by atoms with E-state index < -0.39 is 5.63 Å². The lowest BCUT2D eigenvalue weighted by Crippen LogP contribution is -2.38. The van der Waals surface area contributed by atoms with Gasteiger partial charge in [-0.2, -0.15) is 0 Å². The van der Waals surface area contributed by atoms with Crippen LogP contribution in [0.5, 0.6) is 0 Å². The highest BCUT2D eigenvalue weighted by molar-refractivity contribution is 6.14. The van der Waals surface area contributed by atoms with Gasteiger partial charge >= 0.3 is 5.63 Å². The highest BCUT2D eigenvalue weighted by Gasteiger charge is 2.18. The Morgan fingerprint density at radius 2 is 1.39 bits per heavy atom. The first-order valence-electron chi connectivity index (χ1n) is 17.0. The van der Waals surface area contributed by atoms with Crippen molar-refractivity contribution in [2.24, 2.45) is 0 Å². The number of hydrogen-bond donors (Lipinski definition) is 2. The third-order valence-electron chi connectivity index (χ3n) is 8.88. The monoisotopic (exact) mass is 676 g/mol. The van der Waals surface area contributed by atoms with Crippen LogP contribution in [0.4, 0.5) is 5.69 Å². The Morgan fingerprint density at radius 3 is 2.22 bits per heavy atom. The summed E-state index contributed by atoms with van der Waals surface area (Å²) >= 11 is 0. The molecule has 4 aromatic carbocycles. The lowest BCUT2D eigenvalue weighted by atomic mass is 10.0. The number of amides is 2. The van der Waals surface area contributed by atoms with Crippen molar-refractivity contribution >= 4 is 50.1 Å². The highest BCUT2D eigenvalue weighted by atomic mass is 16.4. The second-order valence-corrected chi connectivity index (χ2v) is 12.2. The molecular weight excluding hydrogens is 640 g/mol. The summed E-state index contributed by atoms with van der Waals surface area (Å²) in [4.78, 5) is 52.7. The molecule has 0 radical (unpaired) electrons. The fourth-order valence-electron chi connectivity index (χ4n) is 6.33. The molecule has 4 heterocycles. The number of pyridine rings is 2. The van der Waals surface area contributed by atoms with Crippen LogP contribution >= 0.6 is 0 Å². The van der Waals surface area contributed by atoms with E-state index >= 15 is 0 Å². The van der Waals surface area contributed by atoms with Crippen molar-refractivity contribution in [3.63, 3.8) is 0 Å². The average molecular weight is 677 g/mol. The molecule has 10 heteroatoms. The summed E-state index contributed by atoms with van der Waals surface area (Å²) in [5.41, 5.74) is 2.32. The van der Waals surface area contributed by atoms with Crippen LogP contribution in [0.1, 0.15) is 40.1 Å². The van der Waals surface area contributed by atoms with Gasteiger partial charge in [-0.25, -0.2) is 19.7 Å². The molecule has 2 N–H and O–H groups in total. The number of nitrogens with zero attached hydrogens (tertiary/aromatic N) is 4. The Bertz CT molecular complexity index is 2390. The predicted molar refractivity (Wildman–Crippen MR) is 200 cm³/mol. The van der Waals surface area contributed by atoms with Crippen molar-refractivity contribution in [2.45, 2.75) is 19.3 Å². The first-order chi connectivity index (χ1) is 25.0. The number of carbonyl (C=O) groups excluding carboxylic acids is 2. The third-order valence-corrected chi connectivity index (χ3v) is 8.88. The predicted octanol–water partition coefficient (Wildman–Crippen LogP) is 7.11. The summed E-state index contributed by atoms with van der Waals surface area (Å²) in [6.07, 6.45) is 6.85. The molecule has 1 fully saturated rings. The Balaban J connectivity index is 0.000000169. The van der Waals surface area contributed by atoms with E-state index in [4.69, 9.17) is 4.42 Å². The lowest BCUT2D eigenvalue weighted by molar-refractivity contribution is 0.0942. The van der Waals surface area contributed by atoms with Crippen molar-refractivity contribution in [3.8, 4) is 11.5 Å². The van der Waals surface area contributed by atoms with E-state index in [2.05, 4.69) is 30.5 Å². The molecule has 0 saturated carbocycles. The van der Waals surface area contributed by atoms with Crippen LogP contribution in [-0.2, 0) is 0 Å². The lowest BCUT2D eigenvalue weighted by Gasteiger charge is -2.26. The fourth-order valence-corrected chi connectivity index (χ4v) is 6.33. The van der Waals surface area contributed by atoms with E-state index in [1.54, 1.807) is 42.7 Å². The van der Waals surface area contributed by atoms with Gasteiger partial charge in [0.25, 0.3) is 11.8 Å². The Kier molecular flexibility index (Phi) is 10.1. The van der Waals surface area contributed by atoms with Crippen molar-refractivity contribution in [1.29, 1.82) is 0 Å². The van der Waals surface area contributed by atoms with E-state index in [1.807, 2.05) is 78.9 Å². The Morgan fingerprint density at radius 1 is 0.706 bits per heavy atom. The quantitative estimate of drug-likeness (QED) is 0.183. The molecular formula is C41H36N6O4. The SMILES string of the molecule is O=C(NCCN1CCCCC1)c1ncccc1NC(=O)c1cccc2ccccc12.O=c1oc(-c2cccc3ccccc23)nc2cccnc12. The molecule has 51 heavy (non-hydrogen) atoms. The molecule has 0 unspecified atom stereocenters. The summed E-state index contributed by atoms with van der Waals surface area (Å²) in [7, 11) is 0. The van der Waals surface area contributed by atoms with E-state index in [0.717, 1.165) is 46.7 Å². The zero-order valence-corrected chi connectivity index (χ0v) is 27.9. The molecule has 0 atom stereocenters. The van der Waals surface area contributed by atoms with Crippen LogP contribution in [0, 0.1) is 0 Å². The van der Waals surface area contributed by atoms with Gasteiger partial charge in [0.2, 0.25) is 5.89 Å².